The minimum atomic E-state index is -1.07. The number of aldehydes is 1. The predicted molar refractivity (Wildman–Crippen MR) is 121 cm³/mol. The van der Waals surface area contributed by atoms with E-state index in [1.54, 1.807) is 13.8 Å². The van der Waals surface area contributed by atoms with Crippen molar-refractivity contribution in [2.24, 2.45) is 0 Å². The molecule has 0 aliphatic carbocycles. The summed E-state index contributed by atoms with van der Waals surface area (Å²) in [4.78, 5) is 11.5. The number of carbonyl (C=O) groups excluding carboxylic acids is 1. The van der Waals surface area contributed by atoms with Gasteiger partial charge in [0.1, 0.15) is 23.9 Å². The van der Waals surface area contributed by atoms with E-state index in [9.17, 15) is 9.90 Å². The van der Waals surface area contributed by atoms with Crippen LogP contribution in [0.3, 0.4) is 0 Å². The summed E-state index contributed by atoms with van der Waals surface area (Å²) in [7, 11) is 0. The van der Waals surface area contributed by atoms with E-state index in [1.165, 1.54) is 0 Å². The third-order valence-corrected chi connectivity index (χ3v) is 5.69. The van der Waals surface area contributed by atoms with E-state index >= 15 is 0 Å². The Morgan fingerprint density at radius 2 is 1.31 bits per heavy atom. The number of benzene rings is 3. The first kappa shape index (κ1) is 22.4. The number of carbonyl (C=O) groups is 1. The highest BCUT2D eigenvalue weighted by Crippen LogP contribution is 2.41. The summed E-state index contributed by atoms with van der Waals surface area (Å²) < 4.78 is 18.0. The van der Waals surface area contributed by atoms with Gasteiger partial charge in [0.05, 0.1) is 6.61 Å². The largest absolute Gasteiger partial charge is 0.388 e. The summed E-state index contributed by atoms with van der Waals surface area (Å²) in [6.45, 7) is 3.38. The zero-order valence-corrected chi connectivity index (χ0v) is 18.3. The van der Waals surface area contributed by atoms with Crippen LogP contribution in [0.15, 0.2) is 91.0 Å². The molecule has 32 heavy (non-hydrogen) atoms. The van der Waals surface area contributed by atoms with Gasteiger partial charge in [-0.25, -0.2) is 0 Å². The van der Waals surface area contributed by atoms with Crippen molar-refractivity contribution in [2.75, 3.05) is 6.61 Å². The predicted octanol–water partition coefficient (Wildman–Crippen LogP) is 4.08. The van der Waals surface area contributed by atoms with Crippen molar-refractivity contribution in [3.8, 4) is 0 Å². The number of ether oxygens (including phenoxy) is 3. The maximum absolute atomic E-state index is 11.5. The van der Waals surface area contributed by atoms with E-state index in [0.717, 1.165) is 16.7 Å². The van der Waals surface area contributed by atoms with E-state index in [0.29, 0.717) is 6.29 Å². The smallest absolute Gasteiger partial charge is 0.164 e. The van der Waals surface area contributed by atoms with E-state index < -0.39 is 29.7 Å². The Bertz CT molecular complexity index is 907. The van der Waals surface area contributed by atoms with Crippen molar-refractivity contribution < 1.29 is 24.1 Å². The molecule has 3 atom stereocenters. The quantitative estimate of drug-likeness (QED) is 0.429. The van der Waals surface area contributed by atoms with Gasteiger partial charge in [-0.15, -0.1) is 0 Å². The molecule has 1 saturated heterocycles. The molecule has 166 valence electrons. The van der Waals surface area contributed by atoms with Crippen molar-refractivity contribution in [3.05, 3.63) is 108 Å². The van der Waals surface area contributed by atoms with Crippen molar-refractivity contribution in [3.63, 3.8) is 0 Å². The van der Waals surface area contributed by atoms with Gasteiger partial charge in [-0.1, -0.05) is 91.0 Å². The van der Waals surface area contributed by atoms with Crippen LogP contribution in [0.2, 0.25) is 0 Å². The molecule has 0 unspecified atom stereocenters. The summed E-state index contributed by atoms with van der Waals surface area (Å²) in [5.41, 5.74) is 1.83. The van der Waals surface area contributed by atoms with Crippen molar-refractivity contribution >= 4 is 6.29 Å². The fourth-order valence-corrected chi connectivity index (χ4v) is 4.29. The molecule has 1 aliphatic heterocycles. The Morgan fingerprint density at radius 1 is 0.875 bits per heavy atom. The molecule has 1 aliphatic rings. The Balaban J connectivity index is 1.74. The first-order chi connectivity index (χ1) is 15.5. The van der Waals surface area contributed by atoms with Gasteiger partial charge in [0, 0.05) is 0 Å². The van der Waals surface area contributed by atoms with E-state index in [4.69, 9.17) is 14.2 Å². The van der Waals surface area contributed by atoms with Crippen LogP contribution in [-0.4, -0.2) is 42.1 Å². The molecule has 5 heteroatoms. The molecule has 0 radical (unpaired) electrons. The average molecular weight is 433 g/mol. The summed E-state index contributed by atoms with van der Waals surface area (Å²) in [5, 5.41) is 11.0. The number of aliphatic hydroxyl groups excluding tert-OH is 1. The SMILES string of the molecule is CC1(C)O[C@H]([C@H](O)COC(c2ccccc2)(c2ccccc2)c2ccccc2)[C@H](C=O)O1. The topological polar surface area (TPSA) is 65.0 Å². The number of aliphatic hydroxyl groups is 1. The van der Waals surface area contributed by atoms with Crippen LogP contribution in [0.4, 0.5) is 0 Å². The standard InChI is InChI=1S/C27H28O5/c1-26(2)31-24(18-28)25(32-26)23(29)19-30-27(20-12-6-3-7-13-20,21-14-8-4-9-15-21)22-16-10-5-11-17-22/h3-18,23-25,29H,19H2,1-2H3/t23-,24+,25-/m1/s1. The summed E-state index contributed by atoms with van der Waals surface area (Å²) >= 11 is 0. The van der Waals surface area contributed by atoms with Crippen molar-refractivity contribution in [2.45, 2.75) is 43.5 Å². The monoisotopic (exact) mass is 432 g/mol. The van der Waals surface area contributed by atoms with Crippen LogP contribution in [-0.2, 0) is 24.6 Å². The van der Waals surface area contributed by atoms with Gasteiger partial charge in [-0.2, -0.15) is 0 Å². The lowest BCUT2D eigenvalue weighted by molar-refractivity contribution is -0.162. The Kier molecular flexibility index (Phi) is 6.53. The number of hydrogen-bond donors (Lipinski definition) is 1. The van der Waals surface area contributed by atoms with Crippen LogP contribution in [0.25, 0.3) is 0 Å². The molecule has 1 N–H and O–H groups in total. The highest BCUT2D eigenvalue weighted by atomic mass is 16.8. The molecular formula is C27H28O5. The lowest BCUT2D eigenvalue weighted by Crippen LogP contribution is -2.43. The van der Waals surface area contributed by atoms with Gasteiger partial charge in [0.2, 0.25) is 0 Å². The molecule has 4 rings (SSSR count). The highest BCUT2D eigenvalue weighted by Gasteiger charge is 2.46. The van der Waals surface area contributed by atoms with Gasteiger partial charge >= 0.3 is 0 Å². The van der Waals surface area contributed by atoms with Crippen LogP contribution < -0.4 is 0 Å². The third kappa shape index (κ3) is 4.38. The van der Waals surface area contributed by atoms with Crippen LogP contribution in [0.5, 0.6) is 0 Å². The van der Waals surface area contributed by atoms with Crippen LogP contribution >= 0.6 is 0 Å². The second kappa shape index (κ2) is 9.35. The minimum Gasteiger partial charge on any atom is -0.388 e. The van der Waals surface area contributed by atoms with Gasteiger partial charge in [-0.3, -0.25) is 0 Å². The number of rotatable bonds is 8. The van der Waals surface area contributed by atoms with Gasteiger partial charge in [-0.05, 0) is 30.5 Å². The van der Waals surface area contributed by atoms with Crippen molar-refractivity contribution in [1.82, 2.24) is 0 Å². The van der Waals surface area contributed by atoms with E-state index in [2.05, 4.69) is 0 Å². The minimum absolute atomic E-state index is 0.0624. The normalized spacial score (nSPS) is 21.2. The van der Waals surface area contributed by atoms with Gasteiger partial charge < -0.3 is 24.1 Å². The lowest BCUT2D eigenvalue weighted by Gasteiger charge is -2.37. The molecule has 1 fully saturated rings. The second-order valence-corrected chi connectivity index (χ2v) is 8.36. The zero-order valence-electron chi connectivity index (χ0n) is 18.3. The molecule has 0 spiro atoms. The summed E-state index contributed by atoms with van der Waals surface area (Å²) in [5.74, 6) is -0.952. The maximum Gasteiger partial charge on any atom is 0.164 e. The fraction of sp³-hybridized carbons (Fsp3) is 0.296. The number of hydrogen-bond acceptors (Lipinski definition) is 5. The van der Waals surface area contributed by atoms with Crippen LogP contribution in [0, 0.1) is 0 Å². The van der Waals surface area contributed by atoms with E-state index in [-0.39, 0.29) is 6.61 Å². The molecule has 1 heterocycles. The lowest BCUT2D eigenvalue weighted by atomic mass is 9.80. The first-order valence-electron chi connectivity index (χ1n) is 10.8. The Morgan fingerprint density at radius 3 is 1.72 bits per heavy atom. The van der Waals surface area contributed by atoms with Gasteiger partial charge in [0.25, 0.3) is 0 Å². The second-order valence-electron chi connectivity index (χ2n) is 8.36. The summed E-state index contributed by atoms with van der Waals surface area (Å²) in [6.07, 6.45) is -2.07. The highest BCUT2D eigenvalue weighted by molar-refractivity contribution is 5.58. The molecule has 5 nitrogen and oxygen atoms in total. The van der Waals surface area contributed by atoms with Crippen molar-refractivity contribution in [1.29, 1.82) is 0 Å². The Labute approximate surface area is 188 Å². The fourth-order valence-electron chi connectivity index (χ4n) is 4.29. The zero-order chi connectivity index (χ0) is 22.6. The molecule has 3 aromatic carbocycles. The average Bonchev–Trinajstić information content (AvgIpc) is 3.16. The molecular weight excluding hydrogens is 404 g/mol. The molecule has 0 amide bonds. The molecule has 3 aromatic rings. The van der Waals surface area contributed by atoms with E-state index in [1.807, 2.05) is 91.0 Å². The van der Waals surface area contributed by atoms with Gasteiger partial charge in [0.15, 0.2) is 12.1 Å². The molecule has 0 aromatic heterocycles. The third-order valence-electron chi connectivity index (χ3n) is 5.69. The first-order valence-corrected chi connectivity index (χ1v) is 10.8. The maximum atomic E-state index is 11.5. The molecule has 0 saturated carbocycles. The Hall–Kier alpha value is -2.83. The van der Waals surface area contributed by atoms with Crippen LogP contribution in [0.1, 0.15) is 30.5 Å². The molecule has 0 bridgehead atoms. The summed E-state index contributed by atoms with van der Waals surface area (Å²) in [6, 6.07) is 29.8.